The molecule has 0 bridgehead atoms. The third-order valence-corrected chi connectivity index (χ3v) is 6.47. The molecule has 4 aromatic rings. The van der Waals surface area contributed by atoms with Crippen LogP contribution in [0.3, 0.4) is 0 Å². The van der Waals surface area contributed by atoms with Crippen LogP contribution in [0.2, 0.25) is 0 Å². The fourth-order valence-electron chi connectivity index (χ4n) is 4.58. The van der Waals surface area contributed by atoms with Gasteiger partial charge in [0.25, 0.3) is 5.91 Å². The predicted octanol–water partition coefficient (Wildman–Crippen LogP) is 4.61. The zero-order chi connectivity index (χ0) is 28.6. The summed E-state index contributed by atoms with van der Waals surface area (Å²) in [6.07, 6.45) is -0.494. The minimum atomic E-state index is -1.19. The van der Waals surface area contributed by atoms with Gasteiger partial charge in [0.05, 0.1) is 0 Å². The van der Waals surface area contributed by atoms with Gasteiger partial charge in [-0.25, -0.2) is 0 Å². The Balaban J connectivity index is 1.64. The number of carboxylic acids is 1. The summed E-state index contributed by atoms with van der Waals surface area (Å²) in [5, 5.41) is 12.9. The fraction of sp³-hybridized carbons (Fsp3) is 0.226. The Morgan fingerprint density at radius 3 is 2.05 bits per heavy atom. The summed E-state index contributed by atoms with van der Waals surface area (Å²) in [7, 11) is 0. The maximum atomic E-state index is 14.0. The molecule has 1 aromatic heterocycles. The zero-order valence-electron chi connectivity index (χ0n) is 22.4. The number of carbonyl (C=O) groups excluding carboxylic acids is 3. The minimum Gasteiger partial charge on any atom is -0.481 e. The monoisotopic (exact) mass is 540 g/mol. The van der Waals surface area contributed by atoms with Crippen molar-refractivity contribution in [3.05, 3.63) is 96.7 Å². The van der Waals surface area contributed by atoms with E-state index in [1.165, 1.54) is 4.90 Å². The van der Waals surface area contributed by atoms with E-state index in [-0.39, 0.29) is 37.0 Å². The smallest absolute Gasteiger partial charge is 0.303 e. The van der Waals surface area contributed by atoms with Crippen LogP contribution >= 0.6 is 0 Å². The Morgan fingerprint density at radius 1 is 0.850 bits per heavy atom. The van der Waals surface area contributed by atoms with Crippen LogP contribution in [-0.2, 0) is 14.4 Å². The molecule has 206 valence electrons. The number of amides is 3. The number of benzene rings is 3. The van der Waals surface area contributed by atoms with Gasteiger partial charge in [-0.15, -0.1) is 0 Å². The quantitative estimate of drug-likeness (QED) is 0.257. The number of aliphatic carboxylic acids is 1. The number of hydrogen-bond donors (Lipinski definition) is 3. The Kier molecular flexibility index (Phi) is 8.96. The van der Waals surface area contributed by atoms with Crippen molar-refractivity contribution < 1.29 is 24.3 Å². The van der Waals surface area contributed by atoms with Crippen molar-refractivity contribution in [2.75, 3.05) is 16.3 Å². The highest BCUT2D eigenvalue weighted by molar-refractivity contribution is 6.07. The third-order valence-electron chi connectivity index (χ3n) is 6.47. The molecule has 0 unspecified atom stereocenters. The molecule has 40 heavy (non-hydrogen) atoms. The Labute approximate surface area is 232 Å². The lowest BCUT2D eigenvalue weighted by molar-refractivity contribution is -0.137. The first kappa shape index (κ1) is 28.1. The molecule has 9 heteroatoms. The second-order valence-electron chi connectivity index (χ2n) is 9.68. The molecule has 0 fully saturated rings. The Hall–Kier alpha value is -4.92. The maximum Gasteiger partial charge on any atom is 0.303 e. The normalized spacial score (nSPS) is 11.7. The summed E-state index contributed by atoms with van der Waals surface area (Å²) in [5.41, 5.74) is 2.15. The second-order valence-corrected chi connectivity index (χ2v) is 9.68. The van der Waals surface area contributed by atoms with Gasteiger partial charge in [-0.2, -0.15) is 0 Å². The van der Waals surface area contributed by atoms with E-state index in [0.29, 0.717) is 11.4 Å². The van der Waals surface area contributed by atoms with E-state index in [2.05, 4.69) is 10.3 Å². The van der Waals surface area contributed by atoms with Gasteiger partial charge >= 0.3 is 5.97 Å². The van der Waals surface area contributed by atoms with Gasteiger partial charge in [-0.05, 0) is 56.7 Å². The fourth-order valence-corrected chi connectivity index (χ4v) is 4.58. The molecule has 4 rings (SSSR count). The van der Waals surface area contributed by atoms with Gasteiger partial charge in [-0.3, -0.25) is 19.2 Å². The molecule has 0 aliphatic carbocycles. The number of aromatic amines is 1. The highest BCUT2D eigenvalue weighted by atomic mass is 16.4. The molecule has 0 radical (unpaired) electrons. The summed E-state index contributed by atoms with van der Waals surface area (Å²) >= 11 is 0. The number of nitrogens with one attached hydrogen (secondary N) is 2. The molecular weight excluding hydrogens is 508 g/mol. The van der Waals surface area contributed by atoms with Gasteiger partial charge in [0.1, 0.15) is 18.3 Å². The van der Waals surface area contributed by atoms with E-state index < -0.39 is 23.8 Å². The van der Waals surface area contributed by atoms with Crippen LogP contribution in [-0.4, -0.2) is 52.4 Å². The molecule has 0 saturated heterocycles. The number of anilines is 2. The number of carboxylic acid groups (broad SMARTS) is 1. The average Bonchev–Trinajstić information content (AvgIpc) is 3.39. The molecule has 0 saturated carbocycles. The zero-order valence-corrected chi connectivity index (χ0v) is 22.4. The highest BCUT2D eigenvalue weighted by Crippen LogP contribution is 2.21. The summed E-state index contributed by atoms with van der Waals surface area (Å²) < 4.78 is 0. The molecule has 1 atom stereocenters. The lowest BCUT2D eigenvalue weighted by Crippen LogP contribution is -2.53. The number of rotatable bonds is 11. The number of aromatic nitrogens is 1. The molecule has 0 spiro atoms. The van der Waals surface area contributed by atoms with Crippen molar-refractivity contribution in [3.63, 3.8) is 0 Å². The topological polar surface area (TPSA) is 123 Å². The van der Waals surface area contributed by atoms with E-state index >= 15 is 0 Å². The molecule has 0 aliphatic heterocycles. The van der Waals surface area contributed by atoms with Crippen molar-refractivity contribution in [3.8, 4) is 0 Å². The summed E-state index contributed by atoms with van der Waals surface area (Å²) in [6.45, 7) is 3.47. The largest absolute Gasteiger partial charge is 0.481 e. The van der Waals surface area contributed by atoms with E-state index in [9.17, 15) is 24.3 Å². The van der Waals surface area contributed by atoms with Crippen LogP contribution in [0, 0.1) is 0 Å². The van der Waals surface area contributed by atoms with Crippen LogP contribution in [0.4, 0.5) is 11.4 Å². The van der Waals surface area contributed by atoms with Crippen molar-refractivity contribution >= 4 is 46.0 Å². The van der Waals surface area contributed by atoms with Gasteiger partial charge in [0, 0.05) is 34.7 Å². The first-order valence-electron chi connectivity index (χ1n) is 13.1. The number of H-pyrrole nitrogens is 1. The van der Waals surface area contributed by atoms with Crippen molar-refractivity contribution in [1.82, 2.24) is 10.3 Å². The van der Waals surface area contributed by atoms with Crippen LogP contribution in [0.1, 0.15) is 37.2 Å². The molecular formula is C31H32N4O5. The molecule has 3 aromatic carbocycles. The van der Waals surface area contributed by atoms with E-state index in [0.717, 1.165) is 10.9 Å². The SMILES string of the molecule is CC(C)N(C(=O)CN(C(=O)[C@@H](CCC(=O)O)NC(=O)c1cc2ccccc2[nH]1)c1ccccc1)c1ccccc1. The molecule has 9 nitrogen and oxygen atoms in total. The number of hydrogen-bond acceptors (Lipinski definition) is 4. The summed E-state index contributed by atoms with van der Waals surface area (Å²) in [5.74, 6) is -2.55. The molecule has 3 N–H and O–H groups in total. The van der Waals surface area contributed by atoms with Crippen LogP contribution < -0.4 is 15.1 Å². The van der Waals surface area contributed by atoms with Crippen molar-refractivity contribution in [1.29, 1.82) is 0 Å². The van der Waals surface area contributed by atoms with Crippen molar-refractivity contribution in [2.45, 2.75) is 38.8 Å². The lowest BCUT2D eigenvalue weighted by atomic mass is 10.1. The lowest BCUT2D eigenvalue weighted by Gasteiger charge is -2.32. The molecule has 0 aliphatic rings. The Bertz CT molecular complexity index is 1450. The first-order chi connectivity index (χ1) is 19.2. The number of para-hydroxylation sites is 3. The Morgan fingerprint density at radius 2 is 1.45 bits per heavy atom. The molecule has 3 amide bonds. The first-order valence-corrected chi connectivity index (χ1v) is 13.1. The third kappa shape index (κ3) is 6.74. The van der Waals surface area contributed by atoms with Gasteiger partial charge in [-0.1, -0.05) is 54.6 Å². The predicted molar refractivity (Wildman–Crippen MR) is 154 cm³/mol. The van der Waals surface area contributed by atoms with E-state index in [1.54, 1.807) is 41.3 Å². The van der Waals surface area contributed by atoms with E-state index in [1.807, 2.05) is 68.4 Å². The summed E-state index contributed by atoms with van der Waals surface area (Å²) in [6, 6.07) is 25.5. The maximum absolute atomic E-state index is 14.0. The summed E-state index contributed by atoms with van der Waals surface area (Å²) in [4.78, 5) is 58.2. The minimum absolute atomic E-state index is 0.149. The number of nitrogens with zero attached hydrogens (tertiary/aromatic N) is 2. The van der Waals surface area contributed by atoms with Crippen LogP contribution in [0.5, 0.6) is 0 Å². The van der Waals surface area contributed by atoms with Gasteiger partial charge in [0.15, 0.2) is 0 Å². The molecule has 1 heterocycles. The second kappa shape index (κ2) is 12.8. The van der Waals surface area contributed by atoms with Crippen molar-refractivity contribution in [2.24, 2.45) is 0 Å². The van der Waals surface area contributed by atoms with Gasteiger partial charge in [0.2, 0.25) is 11.8 Å². The standard InChI is InChI=1S/C31H32N4O5/c1-21(2)35(24-14-7-4-8-15-24)28(36)20-34(23-12-5-3-6-13-23)31(40)26(17-18-29(37)38)33-30(39)27-19-22-11-9-10-16-25(22)32-27/h3-16,19,21,26,32H,17-18,20H2,1-2H3,(H,33,39)(H,37,38)/t26-/m1/s1. The van der Waals surface area contributed by atoms with Crippen LogP contribution in [0.25, 0.3) is 10.9 Å². The highest BCUT2D eigenvalue weighted by Gasteiger charge is 2.31. The van der Waals surface area contributed by atoms with Gasteiger partial charge < -0.3 is 25.2 Å². The van der Waals surface area contributed by atoms with Crippen LogP contribution in [0.15, 0.2) is 91.0 Å². The number of fused-ring (bicyclic) bond motifs is 1. The average molecular weight is 541 g/mol. The van der Waals surface area contributed by atoms with E-state index in [4.69, 9.17) is 0 Å². The number of carbonyl (C=O) groups is 4.